The predicted octanol–water partition coefficient (Wildman–Crippen LogP) is 2.19. The Kier molecular flexibility index (Phi) is 4.95. The second kappa shape index (κ2) is 7.12. The van der Waals surface area contributed by atoms with Gasteiger partial charge in [0.1, 0.15) is 6.54 Å². The Hall–Kier alpha value is -1.89. The maximum Gasteiger partial charge on any atom is 0.282 e. The monoisotopic (exact) mass is 336 g/mol. The van der Waals surface area contributed by atoms with E-state index in [1.807, 2.05) is 25.1 Å². The molecule has 0 unspecified atom stereocenters. The van der Waals surface area contributed by atoms with Gasteiger partial charge >= 0.3 is 0 Å². The highest BCUT2D eigenvalue weighted by molar-refractivity contribution is 8.13. The fourth-order valence-electron chi connectivity index (χ4n) is 2.56. The van der Waals surface area contributed by atoms with Crippen molar-refractivity contribution in [1.82, 2.24) is 10.2 Å². The van der Waals surface area contributed by atoms with Gasteiger partial charge in [-0.25, -0.2) is 0 Å². The van der Waals surface area contributed by atoms with E-state index in [0.29, 0.717) is 25.5 Å². The fourth-order valence-corrected chi connectivity index (χ4v) is 3.39. The van der Waals surface area contributed by atoms with Crippen molar-refractivity contribution in [1.29, 1.82) is 0 Å². The molecular formula is C16H20N2O4S. The van der Waals surface area contributed by atoms with E-state index in [-0.39, 0.29) is 23.7 Å². The molecule has 3 rings (SSSR count). The van der Waals surface area contributed by atoms with Crippen LogP contribution in [0.5, 0.6) is 11.5 Å². The van der Waals surface area contributed by atoms with Crippen LogP contribution in [-0.2, 0) is 4.79 Å². The molecule has 1 saturated heterocycles. The van der Waals surface area contributed by atoms with Crippen LogP contribution in [0.25, 0.3) is 0 Å². The summed E-state index contributed by atoms with van der Waals surface area (Å²) in [5.74, 6) is 2.06. The number of nitrogens with zero attached hydrogens (tertiary/aromatic N) is 1. The number of ether oxygens (including phenoxy) is 2. The summed E-state index contributed by atoms with van der Waals surface area (Å²) in [6.07, 6.45) is 0.859. The molecule has 6 nitrogen and oxygen atoms in total. The maximum atomic E-state index is 12.1. The molecular weight excluding hydrogens is 316 g/mol. The van der Waals surface area contributed by atoms with Gasteiger partial charge in [0, 0.05) is 18.7 Å². The molecule has 124 valence electrons. The Morgan fingerprint density at radius 2 is 2.13 bits per heavy atom. The first kappa shape index (κ1) is 16.0. The van der Waals surface area contributed by atoms with Crippen LogP contribution in [0.4, 0.5) is 4.79 Å². The Morgan fingerprint density at radius 1 is 1.35 bits per heavy atom. The van der Waals surface area contributed by atoms with Crippen molar-refractivity contribution in [3.63, 3.8) is 0 Å². The molecule has 23 heavy (non-hydrogen) atoms. The number of benzene rings is 1. The lowest BCUT2D eigenvalue weighted by Crippen LogP contribution is -2.38. The first-order valence-electron chi connectivity index (χ1n) is 7.74. The van der Waals surface area contributed by atoms with Gasteiger partial charge in [0.15, 0.2) is 11.5 Å². The number of carbonyl (C=O) groups is 2. The predicted molar refractivity (Wildman–Crippen MR) is 88.0 cm³/mol. The van der Waals surface area contributed by atoms with Gasteiger partial charge < -0.3 is 19.7 Å². The van der Waals surface area contributed by atoms with E-state index in [2.05, 4.69) is 5.32 Å². The molecule has 0 radical (unpaired) electrons. The van der Waals surface area contributed by atoms with E-state index in [4.69, 9.17) is 9.47 Å². The highest BCUT2D eigenvalue weighted by atomic mass is 32.2. The summed E-state index contributed by atoms with van der Waals surface area (Å²) < 4.78 is 11.3. The maximum absolute atomic E-state index is 12.1. The summed E-state index contributed by atoms with van der Waals surface area (Å²) in [4.78, 5) is 25.2. The third-order valence-electron chi connectivity index (χ3n) is 3.83. The lowest BCUT2D eigenvalue weighted by molar-refractivity contribution is -0.122. The second-order valence-corrected chi connectivity index (χ2v) is 6.63. The molecule has 1 aromatic rings. The molecule has 0 saturated carbocycles. The largest absolute Gasteiger partial charge is 0.490 e. The second-order valence-electron chi connectivity index (χ2n) is 5.58. The quantitative estimate of drug-likeness (QED) is 0.913. The van der Waals surface area contributed by atoms with Crippen molar-refractivity contribution in [2.75, 3.05) is 32.1 Å². The number of amides is 2. The minimum absolute atomic E-state index is 0.0246. The molecule has 0 spiro atoms. The van der Waals surface area contributed by atoms with Crippen molar-refractivity contribution >= 4 is 22.9 Å². The summed E-state index contributed by atoms with van der Waals surface area (Å²) in [6.45, 7) is 3.94. The Bertz CT molecular complexity index is 608. The van der Waals surface area contributed by atoms with Crippen LogP contribution >= 0.6 is 11.8 Å². The summed E-state index contributed by atoms with van der Waals surface area (Å²) >= 11 is 1.26. The van der Waals surface area contributed by atoms with Crippen molar-refractivity contribution in [2.24, 2.45) is 0 Å². The third-order valence-corrected chi connectivity index (χ3v) is 4.72. The molecule has 0 aliphatic carbocycles. The molecule has 0 bridgehead atoms. The zero-order valence-corrected chi connectivity index (χ0v) is 13.9. The van der Waals surface area contributed by atoms with Crippen molar-refractivity contribution in [2.45, 2.75) is 19.4 Å². The number of carbonyl (C=O) groups excluding carboxylic acids is 2. The van der Waals surface area contributed by atoms with Gasteiger partial charge in [-0.15, -0.1) is 0 Å². The number of hydrogen-bond acceptors (Lipinski definition) is 5. The minimum atomic E-state index is -0.162. The van der Waals surface area contributed by atoms with Crippen molar-refractivity contribution < 1.29 is 19.1 Å². The third kappa shape index (κ3) is 3.90. The lowest BCUT2D eigenvalue weighted by Gasteiger charge is -2.19. The van der Waals surface area contributed by atoms with E-state index < -0.39 is 0 Å². The average molecular weight is 336 g/mol. The summed E-state index contributed by atoms with van der Waals surface area (Å²) in [7, 11) is 0. The van der Waals surface area contributed by atoms with Gasteiger partial charge in [0.05, 0.1) is 19.3 Å². The molecule has 0 aromatic heterocycles. The van der Waals surface area contributed by atoms with E-state index in [1.165, 1.54) is 11.8 Å². The Labute approximate surface area is 139 Å². The summed E-state index contributed by atoms with van der Waals surface area (Å²) in [6, 6.07) is 5.54. The highest BCUT2D eigenvalue weighted by Gasteiger charge is 2.24. The summed E-state index contributed by atoms with van der Waals surface area (Å²) in [5.41, 5.74) is 0.949. The molecule has 7 heteroatoms. The van der Waals surface area contributed by atoms with Gasteiger partial charge in [0.2, 0.25) is 5.91 Å². The van der Waals surface area contributed by atoms with Crippen LogP contribution in [0.1, 0.15) is 24.9 Å². The van der Waals surface area contributed by atoms with Crippen LogP contribution < -0.4 is 14.8 Å². The summed E-state index contributed by atoms with van der Waals surface area (Å²) in [5, 5.41) is 2.90. The SMILES string of the molecule is C[C@H](NC(=O)CN1CCSC1=O)c1ccc2c(c1)OCCCO2. The highest BCUT2D eigenvalue weighted by Crippen LogP contribution is 2.32. The smallest absolute Gasteiger partial charge is 0.282 e. The van der Waals surface area contributed by atoms with Crippen LogP contribution in [0.2, 0.25) is 0 Å². The number of hydrogen-bond donors (Lipinski definition) is 1. The average Bonchev–Trinajstić information content (AvgIpc) is 2.80. The first-order chi connectivity index (χ1) is 11.1. The van der Waals surface area contributed by atoms with E-state index in [0.717, 1.165) is 23.5 Å². The van der Waals surface area contributed by atoms with Gasteiger partial charge in [-0.3, -0.25) is 9.59 Å². The molecule has 1 N–H and O–H groups in total. The minimum Gasteiger partial charge on any atom is -0.490 e. The molecule has 2 heterocycles. The van der Waals surface area contributed by atoms with Crippen molar-refractivity contribution in [3.8, 4) is 11.5 Å². The molecule has 1 aromatic carbocycles. The molecule has 1 fully saturated rings. The van der Waals surface area contributed by atoms with Gasteiger partial charge in [-0.2, -0.15) is 0 Å². The van der Waals surface area contributed by atoms with Crippen LogP contribution in [-0.4, -0.2) is 48.1 Å². The van der Waals surface area contributed by atoms with E-state index in [9.17, 15) is 9.59 Å². The van der Waals surface area contributed by atoms with Crippen LogP contribution in [0.3, 0.4) is 0 Å². The number of thioether (sulfide) groups is 1. The number of rotatable bonds is 4. The van der Waals surface area contributed by atoms with Gasteiger partial charge in [0.25, 0.3) is 5.24 Å². The fraction of sp³-hybridized carbons (Fsp3) is 0.500. The van der Waals surface area contributed by atoms with Crippen LogP contribution in [0.15, 0.2) is 18.2 Å². The topological polar surface area (TPSA) is 67.9 Å². The molecule has 1 atom stereocenters. The van der Waals surface area contributed by atoms with Crippen LogP contribution in [0, 0.1) is 0 Å². The number of fused-ring (bicyclic) bond motifs is 1. The lowest BCUT2D eigenvalue weighted by atomic mass is 10.1. The van der Waals surface area contributed by atoms with Gasteiger partial charge in [-0.1, -0.05) is 17.8 Å². The zero-order valence-electron chi connectivity index (χ0n) is 13.0. The van der Waals surface area contributed by atoms with Crippen molar-refractivity contribution in [3.05, 3.63) is 23.8 Å². The molecule has 2 aliphatic heterocycles. The number of nitrogens with one attached hydrogen (secondary N) is 1. The molecule has 2 aliphatic rings. The first-order valence-corrected chi connectivity index (χ1v) is 8.72. The van der Waals surface area contributed by atoms with E-state index >= 15 is 0 Å². The Balaban J connectivity index is 1.61. The van der Waals surface area contributed by atoms with E-state index in [1.54, 1.807) is 4.90 Å². The van der Waals surface area contributed by atoms with Gasteiger partial charge in [-0.05, 0) is 24.6 Å². The Morgan fingerprint density at radius 3 is 2.87 bits per heavy atom. The molecule has 2 amide bonds. The normalized spacial score (nSPS) is 18.5. The standard InChI is InChI=1S/C16H20N2O4S/c1-11(17-15(19)10-18-5-8-23-16(18)20)12-3-4-13-14(9-12)22-7-2-6-21-13/h3-4,9,11H,2,5-8,10H2,1H3,(H,17,19)/t11-/m0/s1. The zero-order chi connectivity index (χ0) is 16.2.